The minimum absolute atomic E-state index is 0.424. The number of fused-ring (bicyclic) bond motifs is 1. The van der Waals surface area contributed by atoms with Crippen molar-refractivity contribution in [3.8, 4) is 0 Å². The Morgan fingerprint density at radius 2 is 1.71 bits per heavy atom. The summed E-state index contributed by atoms with van der Waals surface area (Å²) in [5, 5.41) is 0. The Hall–Kier alpha value is -0.820. The highest BCUT2D eigenvalue weighted by Crippen LogP contribution is 2.60. The molecule has 1 heteroatoms. The van der Waals surface area contributed by atoms with Gasteiger partial charge in [0.25, 0.3) is 0 Å². The molecule has 2 atom stereocenters. The van der Waals surface area contributed by atoms with Crippen LogP contribution in [-0.4, -0.2) is 6.54 Å². The van der Waals surface area contributed by atoms with Crippen LogP contribution in [-0.2, 0) is 6.42 Å². The molecule has 0 aromatic heterocycles. The van der Waals surface area contributed by atoms with E-state index in [9.17, 15) is 0 Å². The smallest absolute Gasteiger partial charge is 0.00171 e. The number of hydrogen-bond donors (Lipinski definition) is 1. The zero-order chi connectivity index (χ0) is 12.0. The largest absolute Gasteiger partial charge is 0.330 e. The van der Waals surface area contributed by atoms with Crippen LogP contribution in [0.5, 0.6) is 0 Å². The molecule has 0 aliphatic heterocycles. The van der Waals surface area contributed by atoms with Crippen LogP contribution < -0.4 is 5.73 Å². The number of benzene rings is 1. The maximum absolute atomic E-state index is 6.08. The lowest BCUT2D eigenvalue weighted by molar-refractivity contribution is 0.273. The van der Waals surface area contributed by atoms with Crippen LogP contribution in [0.1, 0.15) is 36.0 Å². The van der Waals surface area contributed by atoms with E-state index in [1.807, 2.05) is 0 Å². The van der Waals surface area contributed by atoms with Crippen LogP contribution in [0.25, 0.3) is 0 Å². The number of rotatable bonds is 3. The van der Waals surface area contributed by atoms with Crippen molar-refractivity contribution in [3.05, 3.63) is 34.9 Å². The molecule has 0 spiro atoms. The molecular formula is C16H23N. The standard InChI is InChI=1S/C16H23N/c1-11-3-12(2)5-13(4-11)7-16(10-17)8-14-6-15(14)9-16/h3-5,14-15H,6-10,17H2,1-2H3. The van der Waals surface area contributed by atoms with E-state index in [-0.39, 0.29) is 0 Å². The summed E-state index contributed by atoms with van der Waals surface area (Å²) in [4.78, 5) is 0. The molecule has 2 aliphatic rings. The van der Waals surface area contributed by atoms with Crippen molar-refractivity contribution in [2.45, 2.75) is 39.5 Å². The highest BCUT2D eigenvalue weighted by molar-refractivity contribution is 5.30. The van der Waals surface area contributed by atoms with Gasteiger partial charge in [-0.15, -0.1) is 0 Å². The molecule has 0 radical (unpaired) electrons. The van der Waals surface area contributed by atoms with E-state index in [2.05, 4.69) is 32.0 Å². The third-order valence-electron chi connectivity index (χ3n) is 4.75. The van der Waals surface area contributed by atoms with Gasteiger partial charge >= 0.3 is 0 Å². The minimum atomic E-state index is 0.424. The first kappa shape index (κ1) is 11.3. The molecule has 2 unspecified atom stereocenters. The molecule has 1 aromatic rings. The number of aryl methyl sites for hydroxylation is 2. The first-order chi connectivity index (χ1) is 8.10. The number of nitrogens with two attached hydrogens (primary N) is 1. The summed E-state index contributed by atoms with van der Waals surface area (Å²) in [5.74, 6) is 2.04. The first-order valence-electron chi connectivity index (χ1n) is 6.87. The zero-order valence-electron chi connectivity index (χ0n) is 11.0. The van der Waals surface area contributed by atoms with E-state index in [0.29, 0.717) is 5.41 Å². The van der Waals surface area contributed by atoms with Crippen LogP contribution in [0.15, 0.2) is 18.2 Å². The molecule has 0 saturated heterocycles. The van der Waals surface area contributed by atoms with Gasteiger partial charge < -0.3 is 5.73 Å². The molecule has 2 saturated carbocycles. The molecule has 2 aliphatic carbocycles. The van der Waals surface area contributed by atoms with Crippen LogP contribution in [0, 0.1) is 31.1 Å². The van der Waals surface area contributed by atoms with Gasteiger partial charge in [-0.1, -0.05) is 29.3 Å². The van der Waals surface area contributed by atoms with Crippen molar-refractivity contribution >= 4 is 0 Å². The van der Waals surface area contributed by atoms with Crippen molar-refractivity contribution in [2.75, 3.05) is 6.54 Å². The van der Waals surface area contributed by atoms with E-state index < -0.39 is 0 Å². The molecule has 1 aromatic carbocycles. The SMILES string of the molecule is Cc1cc(C)cc(CC2(CN)CC3CC3C2)c1. The fraction of sp³-hybridized carbons (Fsp3) is 0.625. The Morgan fingerprint density at radius 1 is 1.12 bits per heavy atom. The van der Waals surface area contributed by atoms with Crippen LogP contribution >= 0.6 is 0 Å². The van der Waals surface area contributed by atoms with E-state index in [1.54, 1.807) is 0 Å². The first-order valence-corrected chi connectivity index (χ1v) is 6.87. The summed E-state index contributed by atoms with van der Waals surface area (Å²) in [6, 6.07) is 6.94. The molecule has 2 N–H and O–H groups in total. The lowest BCUT2D eigenvalue weighted by Crippen LogP contribution is -2.31. The van der Waals surface area contributed by atoms with Crippen molar-refractivity contribution in [1.29, 1.82) is 0 Å². The Morgan fingerprint density at radius 3 is 2.24 bits per heavy atom. The maximum atomic E-state index is 6.08. The Bertz CT molecular complexity index is 405. The van der Waals surface area contributed by atoms with Gasteiger partial charge in [0, 0.05) is 0 Å². The predicted molar refractivity (Wildman–Crippen MR) is 71.9 cm³/mol. The van der Waals surface area contributed by atoms with Gasteiger partial charge in [0.1, 0.15) is 0 Å². The van der Waals surface area contributed by atoms with E-state index in [1.165, 1.54) is 42.4 Å². The summed E-state index contributed by atoms with van der Waals surface area (Å²) in [6.07, 6.45) is 5.43. The molecular weight excluding hydrogens is 206 g/mol. The second-order valence-corrected chi connectivity index (χ2v) is 6.54. The van der Waals surface area contributed by atoms with Gasteiger partial charge in [-0.2, -0.15) is 0 Å². The quantitative estimate of drug-likeness (QED) is 0.846. The van der Waals surface area contributed by atoms with Gasteiger partial charge in [-0.05, 0) is 68.9 Å². The molecule has 0 bridgehead atoms. The number of hydrogen-bond acceptors (Lipinski definition) is 1. The van der Waals surface area contributed by atoms with Gasteiger partial charge in [0.2, 0.25) is 0 Å². The van der Waals surface area contributed by atoms with Gasteiger partial charge in [-0.25, -0.2) is 0 Å². The monoisotopic (exact) mass is 229 g/mol. The topological polar surface area (TPSA) is 26.0 Å². The maximum Gasteiger partial charge on any atom is -0.00171 e. The average Bonchev–Trinajstić information content (AvgIpc) is 2.85. The average molecular weight is 229 g/mol. The van der Waals surface area contributed by atoms with E-state index in [4.69, 9.17) is 5.73 Å². The van der Waals surface area contributed by atoms with Crippen LogP contribution in [0.2, 0.25) is 0 Å². The predicted octanol–water partition coefficient (Wildman–Crippen LogP) is 3.22. The Kier molecular flexibility index (Phi) is 2.55. The van der Waals surface area contributed by atoms with Crippen molar-refractivity contribution in [2.24, 2.45) is 23.0 Å². The highest BCUT2D eigenvalue weighted by atomic mass is 14.7. The Balaban J connectivity index is 1.80. The summed E-state index contributed by atoms with van der Waals surface area (Å²) in [7, 11) is 0. The van der Waals surface area contributed by atoms with Gasteiger partial charge in [-0.3, -0.25) is 0 Å². The summed E-state index contributed by atoms with van der Waals surface area (Å²) < 4.78 is 0. The molecule has 0 heterocycles. The summed E-state index contributed by atoms with van der Waals surface area (Å²) in [6.45, 7) is 5.25. The normalized spacial score (nSPS) is 34.8. The fourth-order valence-corrected chi connectivity index (χ4v) is 3.99. The van der Waals surface area contributed by atoms with Crippen molar-refractivity contribution in [3.63, 3.8) is 0 Å². The summed E-state index contributed by atoms with van der Waals surface area (Å²) >= 11 is 0. The van der Waals surface area contributed by atoms with E-state index >= 15 is 0 Å². The minimum Gasteiger partial charge on any atom is -0.330 e. The lowest BCUT2D eigenvalue weighted by atomic mass is 9.77. The van der Waals surface area contributed by atoms with Crippen molar-refractivity contribution < 1.29 is 0 Å². The van der Waals surface area contributed by atoms with Crippen LogP contribution in [0.3, 0.4) is 0 Å². The third kappa shape index (κ3) is 2.13. The molecule has 1 nitrogen and oxygen atoms in total. The molecule has 0 amide bonds. The van der Waals surface area contributed by atoms with Crippen molar-refractivity contribution in [1.82, 2.24) is 0 Å². The second kappa shape index (κ2) is 3.84. The lowest BCUT2D eigenvalue weighted by Gasteiger charge is -2.29. The van der Waals surface area contributed by atoms with Gasteiger partial charge in [0.15, 0.2) is 0 Å². The third-order valence-corrected chi connectivity index (χ3v) is 4.75. The zero-order valence-corrected chi connectivity index (χ0v) is 11.0. The second-order valence-electron chi connectivity index (χ2n) is 6.54. The highest BCUT2D eigenvalue weighted by Gasteiger charge is 2.52. The Labute approximate surface area is 104 Å². The van der Waals surface area contributed by atoms with E-state index in [0.717, 1.165) is 18.4 Å². The summed E-state index contributed by atoms with van der Waals surface area (Å²) in [5.41, 5.74) is 10.8. The molecule has 2 fully saturated rings. The fourth-order valence-electron chi connectivity index (χ4n) is 3.99. The molecule has 17 heavy (non-hydrogen) atoms. The van der Waals surface area contributed by atoms with Gasteiger partial charge in [0.05, 0.1) is 0 Å². The molecule has 92 valence electrons. The molecule has 3 rings (SSSR count). The van der Waals surface area contributed by atoms with Crippen LogP contribution in [0.4, 0.5) is 0 Å².